The molecule has 0 N–H and O–H groups in total. The fourth-order valence-corrected chi connectivity index (χ4v) is 3.89. The number of benzene rings is 2. The van der Waals surface area contributed by atoms with Crippen molar-refractivity contribution in [3.05, 3.63) is 58.4 Å². The number of hydrogen-bond acceptors (Lipinski definition) is 5. The van der Waals surface area contributed by atoms with Crippen LogP contribution >= 0.6 is 11.3 Å². The second-order valence-corrected chi connectivity index (χ2v) is 7.17. The van der Waals surface area contributed by atoms with Crippen LogP contribution in [0.2, 0.25) is 0 Å². The second kappa shape index (κ2) is 7.75. The van der Waals surface area contributed by atoms with Crippen LogP contribution in [0.4, 0.5) is 5.69 Å². The zero-order valence-electron chi connectivity index (χ0n) is 15.7. The van der Waals surface area contributed by atoms with E-state index in [0.717, 1.165) is 15.9 Å². The van der Waals surface area contributed by atoms with Crippen LogP contribution in [0, 0.1) is 0 Å². The molecular weight excluding hydrogens is 362 g/mol. The molecule has 2 aromatic carbocycles. The molecule has 0 aliphatic heterocycles. The number of fused-ring (bicyclic) bond motifs is 1. The number of thiazole rings is 1. The van der Waals surface area contributed by atoms with Gasteiger partial charge in [0.05, 0.1) is 22.9 Å². The first-order chi connectivity index (χ1) is 12.9. The fourth-order valence-electron chi connectivity index (χ4n) is 2.76. The summed E-state index contributed by atoms with van der Waals surface area (Å²) in [6.07, 6.45) is 0. The van der Waals surface area contributed by atoms with Crippen LogP contribution in [-0.2, 0) is 11.3 Å². The lowest BCUT2D eigenvalue weighted by atomic mass is 10.2. The Morgan fingerprint density at radius 1 is 1.11 bits per heavy atom. The Morgan fingerprint density at radius 2 is 1.78 bits per heavy atom. The number of hydrogen-bond donors (Lipinski definition) is 0. The lowest BCUT2D eigenvalue weighted by Gasteiger charge is -2.11. The highest BCUT2D eigenvalue weighted by molar-refractivity contribution is 7.16. The summed E-state index contributed by atoms with van der Waals surface area (Å²) < 4.78 is 7.62. The largest absolute Gasteiger partial charge is 0.465 e. The molecule has 6 nitrogen and oxygen atoms in total. The van der Waals surface area contributed by atoms with Crippen LogP contribution in [0.1, 0.15) is 27.6 Å². The second-order valence-electron chi connectivity index (χ2n) is 6.16. The van der Waals surface area contributed by atoms with Crippen molar-refractivity contribution in [1.29, 1.82) is 0 Å². The number of anilines is 1. The molecule has 1 heterocycles. The number of methoxy groups -OCH3 is 1. The van der Waals surface area contributed by atoms with Gasteiger partial charge in [-0.2, -0.15) is 4.99 Å². The van der Waals surface area contributed by atoms with Gasteiger partial charge in [-0.05, 0) is 49.4 Å². The third-order valence-electron chi connectivity index (χ3n) is 4.25. The number of ether oxygens (including phenoxy) is 1. The van der Waals surface area contributed by atoms with Crippen molar-refractivity contribution in [2.24, 2.45) is 4.99 Å². The van der Waals surface area contributed by atoms with Crippen LogP contribution in [0.3, 0.4) is 0 Å². The monoisotopic (exact) mass is 383 g/mol. The average Bonchev–Trinajstić information content (AvgIpc) is 3.03. The Hall–Kier alpha value is -2.93. The third kappa shape index (κ3) is 3.78. The SMILES string of the molecule is CCn1c(=NC(=O)c2ccc(N(C)C)cc2)sc2cc(C(=O)OC)ccc21. The fraction of sp³-hybridized carbons (Fsp3) is 0.250. The molecule has 3 rings (SSSR count). The van der Waals surface area contributed by atoms with E-state index < -0.39 is 0 Å². The van der Waals surface area contributed by atoms with Crippen molar-refractivity contribution in [3.8, 4) is 0 Å². The number of esters is 1. The van der Waals surface area contributed by atoms with Crippen molar-refractivity contribution in [3.63, 3.8) is 0 Å². The van der Waals surface area contributed by atoms with Crippen LogP contribution in [-0.4, -0.2) is 37.6 Å². The van der Waals surface area contributed by atoms with E-state index in [-0.39, 0.29) is 11.9 Å². The van der Waals surface area contributed by atoms with Crippen LogP contribution in [0.25, 0.3) is 10.2 Å². The summed E-state index contributed by atoms with van der Waals surface area (Å²) >= 11 is 1.38. The Labute approximate surface area is 161 Å². The van der Waals surface area contributed by atoms with E-state index in [1.54, 1.807) is 24.3 Å². The van der Waals surface area contributed by atoms with Crippen LogP contribution < -0.4 is 9.70 Å². The van der Waals surface area contributed by atoms with Gasteiger partial charge in [0.15, 0.2) is 4.80 Å². The maximum absolute atomic E-state index is 12.6. The topological polar surface area (TPSA) is 63.9 Å². The molecule has 0 aliphatic rings. The number of rotatable bonds is 4. The van der Waals surface area contributed by atoms with Gasteiger partial charge in [0.1, 0.15) is 0 Å². The molecule has 7 heteroatoms. The van der Waals surface area contributed by atoms with E-state index in [1.807, 2.05) is 48.7 Å². The third-order valence-corrected chi connectivity index (χ3v) is 5.29. The predicted molar refractivity (Wildman–Crippen MR) is 107 cm³/mol. The lowest BCUT2D eigenvalue weighted by molar-refractivity contribution is 0.0601. The summed E-state index contributed by atoms with van der Waals surface area (Å²) in [4.78, 5) is 31.3. The number of aromatic nitrogens is 1. The van der Waals surface area contributed by atoms with E-state index in [0.29, 0.717) is 22.5 Å². The zero-order chi connectivity index (χ0) is 19.6. The molecule has 0 atom stereocenters. The van der Waals surface area contributed by atoms with Gasteiger partial charge in [0.2, 0.25) is 0 Å². The molecule has 0 bridgehead atoms. The standard InChI is InChI=1S/C20H21N3O3S/c1-5-23-16-11-8-14(19(25)26-4)12-17(16)27-20(23)21-18(24)13-6-9-15(10-7-13)22(2)3/h6-12H,5H2,1-4H3. The summed E-state index contributed by atoms with van der Waals surface area (Å²) in [5, 5.41) is 0. The van der Waals surface area contributed by atoms with Gasteiger partial charge in [-0.15, -0.1) is 0 Å². The minimum absolute atomic E-state index is 0.290. The smallest absolute Gasteiger partial charge is 0.337 e. The van der Waals surface area contributed by atoms with Crippen molar-refractivity contribution >= 4 is 39.1 Å². The van der Waals surface area contributed by atoms with E-state index in [1.165, 1.54) is 18.4 Å². The molecule has 0 radical (unpaired) electrons. The minimum atomic E-state index is -0.385. The summed E-state index contributed by atoms with van der Waals surface area (Å²) in [5.41, 5.74) is 2.97. The van der Waals surface area contributed by atoms with Crippen molar-refractivity contribution in [2.75, 3.05) is 26.1 Å². The van der Waals surface area contributed by atoms with Gasteiger partial charge in [-0.1, -0.05) is 11.3 Å². The van der Waals surface area contributed by atoms with Gasteiger partial charge >= 0.3 is 5.97 Å². The maximum atomic E-state index is 12.6. The van der Waals surface area contributed by atoms with Crippen LogP contribution in [0.5, 0.6) is 0 Å². The van der Waals surface area contributed by atoms with Crippen molar-refractivity contribution < 1.29 is 14.3 Å². The lowest BCUT2D eigenvalue weighted by Crippen LogP contribution is -2.16. The van der Waals surface area contributed by atoms with Gasteiger partial charge in [-0.25, -0.2) is 4.79 Å². The van der Waals surface area contributed by atoms with Gasteiger partial charge in [0.25, 0.3) is 5.91 Å². The van der Waals surface area contributed by atoms with Crippen molar-refractivity contribution in [2.45, 2.75) is 13.5 Å². The number of carbonyl (C=O) groups is 2. The van der Waals surface area contributed by atoms with E-state index in [9.17, 15) is 9.59 Å². The Morgan fingerprint density at radius 3 is 2.37 bits per heavy atom. The molecular formula is C20H21N3O3S. The Balaban J connectivity index is 2.03. The molecule has 0 aliphatic carbocycles. The molecule has 0 saturated carbocycles. The predicted octanol–water partition coefficient (Wildman–Crippen LogP) is 3.32. The molecule has 0 unspecified atom stereocenters. The molecule has 0 saturated heterocycles. The first kappa shape index (κ1) is 18.8. The van der Waals surface area contributed by atoms with Gasteiger partial charge in [-0.3, -0.25) is 4.79 Å². The summed E-state index contributed by atoms with van der Waals surface area (Å²) in [6.45, 7) is 2.67. The van der Waals surface area contributed by atoms with Crippen molar-refractivity contribution in [1.82, 2.24) is 4.57 Å². The highest BCUT2D eigenvalue weighted by Gasteiger charge is 2.12. The number of nitrogens with zero attached hydrogens (tertiary/aromatic N) is 3. The molecule has 1 amide bonds. The van der Waals surface area contributed by atoms with Gasteiger partial charge in [0, 0.05) is 31.9 Å². The molecule has 0 fully saturated rings. The summed E-state index contributed by atoms with van der Waals surface area (Å²) in [5.74, 6) is -0.675. The summed E-state index contributed by atoms with van der Waals surface area (Å²) in [7, 11) is 5.25. The van der Waals surface area contributed by atoms with E-state index in [2.05, 4.69) is 4.99 Å². The van der Waals surface area contributed by atoms with Gasteiger partial charge < -0.3 is 14.2 Å². The Kier molecular flexibility index (Phi) is 5.41. The molecule has 3 aromatic rings. The van der Waals surface area contributed by atoms with Crippen LogP contribution in [0.15, 0.2) is 47.5 Å². The quantitative estimate of drug-likeness (QED) is 0.649. The first-order valence-corrected chi connectivity index (χ1v) is 9.34. The highest BCUT2D eigenvalue weighted by atomic mass is 32.1. The normalized spacial score (nSPS) is 11.6. The first-order valence-electron chi connectivity index (χ1n) is 8.52. The molecule has 27 heavy (non-hydrogen) atoms. The summed E-state index contributed by atoms with van der Waals surface area (Å²) in [6, 6.07) is 12.7. The molecule has 140 valence electrons. The maximum Gasteiger partial charge on any atom is 0.337 e. The number of amides is 1. The van der Waals surface area contributed by atoms with E-state index >= 15 is 0 Å². The van der Waals surface area contributed by atoms with E-state index in [4.69, 9.17) is 4.74 Å². The zero-order valence-corrected chi connectivity index (χ0v) is 16.5. The Bertz CT molecular complexity index is 1060. The molecule has 1 aromatic heterocycles. The average molecular weight is 383 g/mol. The number of carbonyl (C=O) groups excluding carboxylic acids is 2. The molecule has 0 spiro atoms. The highest BCUT2D eigenvalue weighted by Crippen LogP contribution is 2.20. The number of aryl methyl sites for hydroxylation is 1. The minimum Gasteiger partial charge on any atom is -0.465 e.